The van der Waals surface area contributed by atoms with Crippen LogP contribution in [0.5, 0.6) is 0 Å². The fraction of sp³-hybridized carbons (Fsp3) is 0.562. The molecule has 2 nitrogen and oxygen atoms in total. The fourth-order valence-electron chi connectivity index (χ4n) is 2.17. The van der Waals surface area contributed by atoms with Gasteiger partial charge in [0.25, 0.3) is 0 Å². The Morgan fingerprint density at radius 3 is 2.61 bits per heavy atom. The minimum absolute atomic E-state index is 0.192. The summed E-state index contributed by atoms with van der Waals surface area (Å²) in [6, 6.07) is 0. The van der Waals surface area contributed by atoms with Crippen LogP contribution in [0.1, 0.15) is 46.5 Å². The van der Waals surface area contributed by atoms with Crippen molar-refractivity contribution in [1.29, 1.82) is 0 Å². The largest absolute Gasteiger partial charge is 0.466 e. The maximum atomic E-state index is 11.4. The minimum atomic E-state index is -0.192. The highest BCUT2D eigenvalue weighted by Gasteiger charge is 2.16. The molecule has 0 heterocycles. The van der Waals surface area contributed by atoms with E-state index >= 15 is 0 Å². The van der Waals surface area contributed by atoms with Gasteiger partial charge in [-0.2, -0.15) is 0 Å². The Balaban J connectivity index is 2.53. The summed E-state index contributed by atoms with van der Waals surface area (Å²) >= 11 is 0. The predicted octanol–water partition coefficient (Wildman–Crippen LogP) is 4.19. The van der Waals surface area contributed by atoms with E-state index in [0.717, 1.165) is 24.8 Å². The number of ether oxygens (including phenoxy) is 1. The second-order valence-electron chi connectivity index (χ2n) is 5.18. The second kappa shape index (κ2) is 7.20. The van der Waals surface area contributed by atoms with Crippen molar-refractivity contribution in [3.05, 3.63) is 34.9 Å². The van der Waals surface area contributed by atoms with Crippen LogP contribution >= 0.6 is 0 Å². The Hall–Kier alpha value is -1.31. The zero-order chi connectivity index (χ0) is 13.5. The van der Waals surface area contributed by atoms with Crippen molar-refractivity contribution in [1.82, 2.24) is 0 Å². The molecule has 2 heteroatoms. The molecule has 0 amide bonds. The van der Waals surface area contributed by atoms with Crippen LogP contribution in [0.25, 0.3) is 0 Å². The molecule has 0 fully saturated rings. The SMILES string of the molecule is COC(=O)C1=CC=C([C@@H](C)CCC=C(C)C)CC1. The average Bonchev–Trinajstić information content (AvgIpc) is 2.37. The van der Waals surface area contributed by atoms with E-state index in [0.29, 0.717) is 5.92 Å². The number of esters is 1. The van der Waals surface area contributed by atoms with Crippen molar-refractivity contribution in [2.45, 2.75) is 46.5 Å². The monoisotopic (exact) mass is 248 g/mol. The third-order valence-electron chi connectivity index (χ3n) is 3.41. The zero-order valence-corrected chi connectivity index (χ0v) is 12.0. The van der Waals surface area contributed by atoms with E-state index in [2.05, 4.69) is 32.9 Å². The molecule has 0 saturated heterocycles. The quantitative estimate of drug-likeness (QED) is 0.538. The van der Waals surface area contributed by atoms with E-state index in [1.54, 1.807) is 0 Å². The second-order valence-corrected chi connectivity index (χ2v) is 5.18. The smallest absolute Gasteiger partial charge is 0.333 e. The number of carbonyl (C=O) groups excluding carboxylic acids is 1. The molecule has 1 aliphatic carbocycles. The van der Waals surface area contributed by atoms with Crippen LogP contribution in [-0.4, -0.2) is 13.1 Å². The lowest BCUT2D eigenvalue weighted by Crippen LogP contribution is -2.10. The van der Waals surface area contributed by atoms with Crippen molar-refractivity contribution in [2.24, 2.45) is 5.92 Å². The number of methoxy groups -OCH3 is 1. The summed E-state index contributed by atoms with van der Waals surface area (Å²) in [6.07, 6.45) is 10.4. The lowest BCUT2D eigenvalue weighted by atomic mass is 9.87. The lowest BCUT2D eigenvalue weighted by molar-refractivity contribution is -0.136. The summed E-state index contributed by atoms with van der Waals surface area (Å²) in [7, 11) is 1.43. The Morgan fingerprint density at radius 2 is 2.11 bits per heavy atom. The molecular formula is C16H24O2. The van der Waals surface area contributed by atoms with Crippen LogP contribution < -0.4 is 0 Å². The van der Waals surface area contributed by atoms with Crippen molar-refractivity contribution < 1.29 is 9.53 Å². The molecule has 1 rings (SSSR count). The van der Waals surface area contributed by atoms with Gasteiger partial charge in [0, 0.05) is 5.57 Å². The van der Waals surface area contributed by atoms with Crippen LogP contribution in [0.4, 0.5) is 0 Å². The maximum Gasteiger partial charge on any atom is 0.333 e. The molecule has 0 unspecified atom stereocenters. The molecular weight excluding hydrogens is 224 g/mol. The van der Waals surface area contributed by atoms with E-state index in [-0.39, 0.29) is 5.97 Å². The first-order valence-electron chi connectivity index (χ1n) is 6.66. The first-order chi connectivity index (χ1) is 8.54. The van der Waals surface area contributed by atoms with Crippen LogP contribution in [0.3, 0.4) is 0 Å². The van der Waals surface area contributed by atoms with Gasteiger partial charge in [0.2, 0.25) is 0 Å². The van der Waals surface area contributed by atoms with Crippen LogP contribution in [0, 0.1) is 5.92 Å². The van der Waals surface area contributed by atoms with Gasteiger partial charge < -0.3 is 4.74 Å². The topological polar surface area (TPSA) is 26.3 Å². The van der Waals surface area contributed by atoms with Gasteiger partial charge >= 0.3 is 5.97 Å². The Labute approximate surface area is 110 Å². The summed E-state index contributed by atoms with van der Waals surface area (Å²) in [4.78, 5) is 11.4. The number of hydrogen-bond acceptors (Lipinski definition) is 2. The lowest BCUT2D eigenvalue weighted by Gasteiger charge is -2.19. The van der Waals surface area contributed by atoms with E-state index < -0.39 is 0 Å². The molecule has 1 atom stereocenters. The van der Waals surface area contributed by atoms with Crippen molar-refractivity contribution in [3.8, 4) is 0 Å². The highest BCUT2D eigenvalue weighted by atomic mass is 16.5. The number of carbonyl (C=O) groups is 1. The molecule has 0 saturated carbocycles. The summed E-state index contributed by atoms with van der Waals surface area (Å²) in [5, 5.41) is 0. The van der Waals surface area contributed by atoms with Gasteiger partial charge in [-0.15, -0.1) is 0 Å². The number of allylic oxidation sites excluding steroid dienone is 5. The normalized spacial score (nSPS) is 16.4. The third kappa shape index (κ3) is 4.52. The summed E-state index contributed by atoms with van der Waals surface area (Å²) in [5.74, 6) is 0.401. The first kappa shape index (κ1) is 14.7. The molecule has 0 aromatic heterocycles. The van der Waals surface area contributed by atoms with Gasteiger partial charge in [-0.1, -0.05) is 36.3 Å². The number of rotatable bonds is 5. The molecule has 0 spiro atoms. The molecule has 0 radical (unpaired) electrons. The van der Waals surface area contributed by atoms with Gasteiger partial charge in [0.05, 0.1) is 7.11 Å². The molecule has 0 N–H and O–H groups in total. The Kier molecular flexibility index (Phi) is 5.90. The molecule has 1 aliphatic rings. The van der Waals surface area contributed by atoms with Gasteiger partial charge in [0.1, 0.15) is 0 Å². The molecule has 0 aliphatic heterocycles. The van der Waals surface area contributed by atoms with Crippen molar-refractivity contribution >= 4 is 5.97 Å². The first-order valence-corrected chi connectivity index (χ1v) is 6.66. The van der Waals surface area contributed by atoms with Crippen molar-refractivity contribution in [3.63, 3.8) is 0 Å². The molecule has 18 heavy (non-hydrogen) atoms. The highest BCUT2D eigenvalue weighted by Crippen LogP contribution is 2.27. The maximum absolute atomic E-state index is 11.4. The van der Waals surface area contributed by atoms with E-state index in [1.807, 2.05) is 6.08 Å². The highest BCUT2D eigenvalue weighted by molar-refractivity contribution is 5.89. The Bertz CT molecular complexity index is 382. The van der Waals surface area contributed by atoms with Crippen LogP contribution in [0.15, 0.2) is 34.9 Å². The zero-order valence-electron chi connectivity index (χ0n) is 12.0. The average molecular weight is 248 g/mol. The fourth-order valence-corrected chi connectivity index (χ4v) is 2.17. The molecule has 100 valence electrons. The van der Waals surface area contributed by atoms with Gasteiger partial charge in [-0.3, -0.25) is 0 Å². The van der Waals surface area contributed by atoms with E-state index in [9.17, 15) is 4.79 Å². The predicted molar refractivity (Wildman–Crippen MR) is 75.2 cm³/mol. The molecule has 0 bridgehead atoms. The Morgan fingerprint density at radius 1 is 1.39 bits per heavy atom. The standard InChI is InChI=1S/C16H24O2/c1-12(2)6-5-7-13(3)14-8-10-15(11-9-14)16(17)18-4/h6,8,10,13H,5,7,9,11H2,1-4H3/t13-/m0/s1. The third-order valence-corrected chi connectivity index (χ3v) is 3.41. The van der Waals surface area contributed by atoms with E-state index in [1.165, 1.54) is 24.7 Å². The van der Waals surface area contributed by atoms with Crippen LogP contribution in [0.2, 0.25) is 0 Å². The number of hydrogen-bond donors (Lipinski definition) is 0. The summed E-state index contributed by atoms with van der Waals surface area (Å²) in [5.41, 5.74) is 3.62. The minimum Gasteiger partial charge on any atom is -0.466 e. The van der Waals surface area contributed by atoms with E-state index in [4.69, 9.17) is 4.74 Å². The van der Waals surface area contributed by atoms with Crippen molar-refractivity contribution in [2.75, 3.05) is 7.11 Å². The summed E-state index contributed by atoms with van der Waals surface area (Å²) in [6.45, 7) is 6.54. The summed E-state index contributed by atoms with van der Waals surface area (Å²) < 4.78 is 4.73. The van der Waals surface area contributed by atoms with Crippen LogP contribution in [-0.2, 0) is 9.53 Å². The molecule has 0 aromatic rings. The van der Waals surface area contributed by atoms with Gasteiger partial charge in [0.15, 0.2) is 0 Å². The van der Waals surface area contributed by atoms with Gasteiger partial charge in [-0.25, -0.2) is 4.79 Å². The molecule has 0 aromatic carbocycles. The van der Waals surface area contributed by atoms with Gasteiger partial charge in [-0.05, 0) is 45.4 Å².